The molecule has 1 aliphatic carbocycles. The van der Waals surface area contributed by atoms with Crippen LogP contribution < -0.4 is 4.90 Å². The first-order valence-corrected chi connectivity index (χ1v) is 8.65. The summed E-state index contributed by atoms with van der Waals surface area (Å²) in [5.41, 5.74) is 0.548. The van der Waals surface area contributed by atoms with Crippen molar-refractivity contribution >= 4 is 21.6 Å². The van der Waals surface area contributed by atoms with E-state index in [0.29, 0.717) is 17.5 Å². The lowest BCUT2D eigenvalue weighted by Gasteiger charge is -2.40. The average Bonchev–Trinajstić information content (AvgIpc) is 2.94. The Morgan fingerprint density at radius 1 is 1.14 bits per heavy atom. The van der Waals surface area contributed by atoms with Gasteiger partial charge in [0, 0.05) is 23.6 Å². The van der Waals surface area contributed by atoms with Crippen LogP contribution in [0.1, 0.15) is 43.2 Å². The number of rotatable bonds is 2. The van der Waals surface area contributed by atoms with E-state index in [9.17, 15) is 13.2 Å². The fourth-order valence-corrected chi connectivity index (χ4v) is 4.39. The molecule has 1 aromatic carbocycles. The maximum absolute atomic E-state index is 13.2. The van der Waals surface area contributed by atoms with Gasteiger partial charge in [-0.3, -0.25) is 0 Å². The van der Waals surface area contributed by atoms with Crippen molar-refractivity contribution in [1.82, 2.24) is 0 Å². The molecule has 5 heteroatoms. The molecule has 2 atom stereocenters. The smallest absolute Gasteiger partial charge is 0.368 e. The molecule has 0 aromatic heterocycles. The molecule has 2 aliphatic rings. The van der Waals surface area contributed by atoms with Gasteiger partial charge in [0.2, 0.25) is 0 Å². The Hall–Kier alpha value is -0.710. The first-order valence-electron chi connectivity index (χ1n) is 7.53. The highest BCUT2D eigenvalue weighted by Gasteiger charge is 2.37. The zero-order valence-corrected chi connectivity index (χ0v) is 13.4. The minimum Gasteiger partial charge on any atom is -0.368 e. The number of halogens is 4. The van der Waals surface area contributed by atoms with E-state index < -0.39 is 11.7 Å². The van der Waals surface area contributed by atoms with Crippen LogP contribution in [0.3, 0.4) is 0 Å². The molecule has 1 saturated carbocycles. The van der Waals surface area contributed by atoms with Crippen LogP contribution in [-0.2, 0) is 11.5 Å². The lowest BCUT2D eigenvalue weighted by Crippen LogP contribution is -2.42. The van der Waals surface area contributed by atoms with E-state index in [1.807, 2.05) is 6.07 Å². The van der Waals surface area contributed by atoms with E-state index in [0.717, 1.165) is 25.1 Å². The molecule has 0 bridgehead atoms. The molecule has 0 amide bonds. The SMILES string of the molecule is FC(F)(F)c1cc(N2CCCC3CCCC32)ccc1CBr. The second-order valence-corrected chi connectivity index (χ2v) is 6.63. The van der Waals surface area contributed by atoms with Gasteiger partial charge in [-0.15, -0.1) is 0 Å². The van der Waals surface area contributed by atoms with E-state index in [1.54, 1.807) is 6.07 Å². The molecule has 1 nitrogen and oxygen atoms in total. The van der Waals surface area contributed by atoms with Gasteiger partial charge in [-0.25, -0.2) is 0 Å². The number of nitrogens with zero attached hydrogens (tertiary/aromatic N) is 1. The van der Waals surface area contributed by atoms with Gasteiger partial charge < -0.3 is 4.90 Å². The summed E-state index contributed by atoms with van der Waals surface area (Å²) in [7, 11) is 0. The van der Waals surface area contributed by atoms with E-state index in [-0.39, 0.29) is 5.33 Å². The first-order chi connectivity index (χ1) is 10.0. The second-order valence-electron chi connectivity index (χ2n) is 6.07. The fraction of sp³-hybridized carbons (Fsp3) is 0.625. The Morgan fingerprint density at radius 2 is 1.90 bits per heavy atom. The van der Waals surface area contributed by atoms with Crippen LogP contribution in [0, 0.1) is 5.92 Å². The molecule has 116 valence electrons. The highest BCUT2D eigenvalue weighted by Crippen LogP contribution is 2.41. The molecule has 1 saturated heterocycles. The highest BCUT2D eigenvalue weighted by molar-refractivity contribution is 9.08. The predicted octanol–water partition coefficient (Wildman–Crippen LogP) is 5.37. The summed E-state index contributed by atoms with van der Waals surface area (Å²) in [5, 5.41) is 0.230. The van der Waals surface area contributed by atoms with Crippen LogP contribution in [0.15, 0.2) is 18.2 Å². The summed E-state index contributed by atoms with van der Waals surface area (Å²) in [4.78, 5) is 2.22. The van der Waals surface area contributed by atoms with Gasteiger partial charge in [-0.1, -0.05) is 28.4 Å². The number of fused-ring (bicyclic) bond motifs is 1. The Labute approximate surface area is 131 Å². The molecule has 0 N–H and O–H groups in total. The highest BCUT2D eigenvalue weighted by atomic mass is 79.9. The number of anilines is 1. The van der Waals surface area contributed by atoms with Crippen LogP contribution in [0.25, 0.3) is 0 Å². The number of alkyl halides is 4. The van der Waals surface area contributed by atoms with Gasteiger partial charge in [-0.05, 0) is 49.3 Å². The van der Waals surface area contributed by atoms with Crippen molar-refractivity contribution in [2.75, 3.05) is 11.4 Å². The Bertz CT molecular complexity index is 515. The second kappa shape index (κ2) is 5.82. The van der Waals surface area contributed by atoms with Crippen LogP contribution in [-0.4, -0.2) is 12.6 Å². The molecular weight excluding hydrogens is 343 g/mol. The van der Waals surface area contributed by atoms with Crippen molar-refractivity contribution in [3.63, 3.8) is 0 Å². The summed E-state index contributed by atoms with van der Waals surface area (Å²) in [6.07, 6.45) is 1.58. The van der Waals surface area contributed by atoms with Crippen molar-refractivity contribution in [2.45, 2.75) is 49.7 Å². The molecule has 21 heavy (non-hydrogen) atoms. The normalized spacial score (nSPS) is 26.0. The monoisotopic (exact) mass is 361 g/mol. The molecule has 3 rings (SSSR count). The summed E-state index contributed by atoms with van der Waals surface area (Å²) in [6.45, 7) is 0.881. The van der Waals surface area contributed by atoms with Gasteiger partial charge >= 0.3 is 6.18 Å². The van der Waals surface area contributed by atoms with Gasteiger partial charge in [0.15, 0.2) is 0 Å². The zero-order chi connectivity index (χ0) is 15.0. The van der Waals surface area contributed by atoms with Crippen molar-refractivity contribution < 1.29 is 13.2 Å². The zero-order valence-electron chi connectivity index (χ0n) is 11.8. The van der Waals surface area contributed by atoms with E-state index in [4.69, 9.17) is 0 Å². The van der Waals surface area contributed by atoms with Gasteiger partial charge in [-0.2, -0.15) is 13.2 Å². The van der Waals surface area contributed by atoms with E-state index in [2.05, 4.69) is 20.8 Å². The minimum atomic E-state index is -4.29. The third kappa shape index (κ3) is 2.94. The summed E-state index contributed by atoms with van der Waals surface area (Å²) >= 11 is 3.15. The van der Waals surface area contributed by atoms with Crippen molar-refractivity contribution in [3.05, 3.63) is 29.3 Å². The minimum absolute atomic E-state index is 0.230. The van der Waals surface area contributed by atoms with Gasteiger partial charge in [0.25, 0.3) is 0 Å². The summed E-state index contributed by atoms with van der Waals surface area (Å²) in [6, 6.07) is 5.25. The molecule has 1 aliphatic heterocycles. The standard InChI is InChI=1S/C16H19BrF3N/c17-10-12-6-7-13(9-14(12)16(18,19)20)21-8-2-4-11-3-1-5-15(11)21/h6-7,9,11,15H,1-5,8,10H2. The van der Waals surface area contributed by atoms with Crippen LogP contribution in [0.2, 0.25) is 0 Å². The lowest BCUT2D eigenvalue weighted by atomic mass is 9.91. The Morgan fingerprint density at radius 3 is 2.62 bits per heavy atom. The van der Waals surface area contributed by atoms with E-state index in [1.165, 1.54) is 25.3 Å². The van der Waals surface area contributed by atoms with Crippen LogP contribution >= 0.6 is 15.9 Å². The molecular formula is C16H19BrF3N. The molecule has 1 aromatic rings. The summed E-state index contributed by atoms with van der Waals surface area (Å²) in [5.74, 6) is 0.670. The Balaban J connectivity index is 1.95. The first kappa shape index (κ1) is 15.2. The maximum atomic E-state index is 13.2. The molecule has 0 spiro atoms. The number of hydrogen-bond donors (Lipinski definition) is 0. The largest absolute Gasteiger partial charge is 0.416 e. The lowest BCUT2D eigenvalue weighted by molar-refractivity contribution is -0.138. The topological polar surface area (TPSA) is 3.24 Å². The number of hydrogen-bond acceptors (Lipinski definition) is 1. The molecule has 2 unspecified atom stereocenters. The predicted molar refractivity (Wildman–Crippen MR) is 81.8 cm³/mol. The fourth-order valence-electron chi connectivity index (χ4n) is 3.90. The van der Waals surface area contributed by atoms with Crippen LogP contribution in [0.4, 0.5) is 18.9 Å². The van der Waals surface area contributed by atoms with Crippen molar-refractivity contribution in [2.24, 2.45) is 5.92 Å². The summed E-state index contributed by atoms with van der Waals surface area (Å²) < 4.78 is 39.6. The molecule has 0 radical (unpaired) electrons. The number of benzene rings is 1. The van der Waals surface area contributed by atoms with Crippen molar-refractivity contribution in [3.8, 4) is 0 Å². The third-order valence-corrected chi connectivity index (χ3v) is 5.47. The Kier molecular flexibility index (Phi) is 4.21. The quantitative estimate of drug-likeness (QED) is 0.640. The average molecular weight is 362 g/mol. The van der Waals surface area contributed by atoms with E-state index >= 15 is 0 Å². The van der Waals surface area contributed by atoms with Gasteiger partial charge in [0.05, 0.1) is 5.56 Å². The van der Waals surface area contributed by atoms with Crippen LogP contribution in [0.5, 0.6) is 0 Å². The molecule has 2 fully saturated rings. The molecule has 1 heterocycles. The number of piperidine rings is 1. The maximum Gasteiger partial charge on any atom is 0.416 e. The van der Waals surface area contributed by atoms with Gasteiger partial charge in [0.1, 0.15) is 0 Å². The van der Waals surface area contributed by atoms with Crippen molar-refractivity contribution in [1.29, 1.82) is 0 Å². The third-order valence-electron chi connectivity index (χ3n) is 4.87.